The molecule has 102 valence electrons. The number of ether oxygens (including phenoxy) is 1. The van der Waals surface area contributed by atoms with Crippen molar-refractivity contribution in [1.29, 1.82) is 5.26 Å². The quantitative estimate of drug-likeness (QED) is 0.909. The number of nitrogens with zero attached hydrogens (tertiary/aromatic N) is 3. The van der Waals surface area contributed by atoms with E-state index in [0.717, 1.165) is 30.8 Å². The summed E-state index contributed by atoms with van der Waals surface area (Å²) < 4.78 is 7.57. The van der Waals surface area contributed by atoms with E-state index in [9.17, 15) is 5.26 Å². The van der Waals surface area contributed by atoms with Gasteiger partial charge >= 0.3 is 0 Å². The molecule has 0 atom stereocenters. The maximum absolute atomic E-state index is 9.23. The fourth-order valence-electron chi connectivity index (χ4n) is 2.55. The molecule has 0 fully saturated rings. The lowest BCUT2D eigenvalue weighted by Crippen LogP contribution is -2.12. The van der Waals surface area contributed by atoms with Crippen molar-refractivity contribution in [3.05, 3.63) is 35.0 Å². The number of para-hydroxylation sites is 1. The minimum absolute atomic E-state index is 0.487. The largest absolute Gasteiger partial charge is 0.436 e. The SMILES string of the molecule is Cc1nn(C)c(Oc2cccc3c2NCCC3)c1C#N. The predicted octanol–water partition coefficient (Wildman–Crippen LogP) is 2.75. The Morgan fingerprint density at radius 3 is 3.10 bits per heavy atom. The zero-order valence-electron chi connectivity index (χ0n) is 11.6. The van der Waals surface area contributed by atoms with Crippen LogP contribution in [0.25, 0.3) is 0 Å². The molecule has 1 aliphatic heterocycles. The Morgan fingerprint density at radius 1 is 1.45 bits per heavy atom. The van der Waals surface area contributed by atoms with Crippen LogP contribution in [-0.4, -0.2) is 16.3 Å². The molecule has 0 saturated carbocycles. The summed E-state index contributed by atoms with van der Waals surface area (Å²) in [6.45, 7) is 2.76. The van der Waals surface area contributed by atoms with Gasteiger partial charge in [-0.3, -0.25) is 0 Å². The molecule has 0 spiro atoms. The first-order valence-corrected chi connectivity index (χ1v) is 6.68. The van der Waals surface area contributed by atoms with E-state index in [1.807, 2.05) is 19.1 Å². The molecule has 1 N–H and O–H groups in total. The van der Waals surface area contributed by atoms with E-state index in [1.54, 1.807) is 11.7 Å². The number of rotatable bonds is 2. The van der Waals surface area contributed by atoms with Gasteiger partial charge in [-0.1, -0.05) is 12.1 Å². The minimum Gasteiger partial charge on any atom is -0.436 e. The molecule has 2 aromatic rings. The number of nitrogens with one attached hydrogen (secondary N) is 1. The highest BCUT2D eigenvalue weighted by atomic mass is 16.5. The second kappa shape index (κ2) is 4.89. The Labute approximate surface area is 117 Å². The Kier molecular flexibility index (Phi) is 3.07. The van der Waals surface area contributed by atoms with Crippen LogP contribution in [0.4, 0.5) is 5.69 Å². The average molecular weight is 268 g/mol. The van der Waals surface area contributed by atoms with E-state index in [0.29, 0.717) is 17.1 Å². The summed E-state index contributed by atoms with van der Waals surface area (Å²) in [6, 6.07) is 8.16. The Balaban J connectivity index is 2.03. The second-order valence-corrected chi connectivity index (χ2v) is 4.92. The van der Waals surface area contributed by atoms with Crippen molar-refractivity contribution >= 4 is 5.69 Å². The molecule has 5 nitrogen and oxygen atoms in total. The number of hydrogen-bond acceptors (Lipinski definition) is 4. The van der Waals surface area contributed by atoms with Crippen LogP contribution < -0.4 is 10.1 Å². The molecule has 0 radical (unpaired) electrons. The summed E-state index contributed by atoms with van der Waals surface area (Å²) in [7, 11) is 1.78. The molecule has 0 amide bonds. The maximum Gasteiger partial charge on any atom is 0.235 e. The molecule has 3 rings (SSSR count). The van der Waals surface area contributed by atoms with Gasteiger partial charge in [0.2, 0.25) is 5.88 Å². The lowest BCUT2D eigenvalue weighted by Gasteiger charge is -2.21. The topological polar surface area (TPSA) is 62.9 Å². The molecule has 0 aliphatic carbocycles. The number of fused-ring (bicyclic) bond motifs is 1. The number of nitriles is 1. The molecular weight excluding hydrogens is 252 g/mol. The first-order valence-electron chi connectivity index (χ1n) is 6.68. The van der Waals surface area contributed by atoms with Gasteiger partial charge in [0.25, 0.3) is 0 Å². The fourth-order valence-corrected chi connectivity index (χ4v) is 2.55. The van der Waals surface area contributed by atoms with Gasteiger partial charge in [-0.15, -0.1) is 0 Å². The van der Waals surface area contributed by atoms with Crippen molar-refractivity contribution in [1.82, 2.24) is 9.78 Å². The first kappa shape index (κ1) is 12.5. The van der Waals surface area contributed by atoms with Gasteiger partial charge in [-0.25, -0.2) is 4.68 Å². The van der Waals surface area contributed by atoms with Crippen LogP contribution >= 0.6 is 0 Å². The van der Waals surface area contributed by atoms with Crippen LogP contribution in [0.5, 0.6) is 11.6 Å². The summed E-state index contributed by atoms with van der Waals surface area (Å²) in [4.78, 5) is 0. The van der Waals surface area contributed by atoms with Crippen LogP contribution in [0.2, 0.25) is 0 Å². The van der Waals surface area contributed by atoms with E-state index in [1.165, 1.54) is 5.56 Å². The molecule has 2 heterocycles. The zero-order chi connectivity index (χ0) is 14.1. The van der Waals surface area contributed by atoms with E-state index < -0.39 is 0 Å². The van der Waals surface area contributed by atoms with Crippen molar-refractivity contribution in [3.8, 4) is 17.7 Å². The third kappa shape index (κ3) is 1.99. The Bertz CT molecular complexity index is 697. The monoisotopic (exact) mass is 268 g/mol. The molecular formula is C15H16N4O. The minimum atomic E-state index is 0.487. The zero-order valence-corrected chi connectivity index (χ0v) is 11.6. The highest BCUT2D eigenvalue weighted by molar-refractivity contribution is 5.64. The van der Waals surface area contributed by atoms with E-state index in [4.69, 9.17) is 4.74 Å². The number of aromatic nitrogens is 2. The van der Waals surface area contributed by atoms with Crippen molar-refractivity contribution in [2.75, 3.05) is 11.9 Å². The smallest absolute Gasteiger partial charge is 0.235 e. The van der Waals surface area contributed by atoms with Crippen molar-refractivity contribution < 1.29 is 4.74 Å². The maximum atomic E-state index is 9.23. The summed E-state index contributed by atoms with van der Waals surface area (Å²) in [5.41, 5.74) is 3.45. The summed E-state index contributed by atoms with van der Waals surface area (Å²) in [6.07, 6.45) is 2.18. The third-order valence-corrected chi connectivity index (χ3v) is 3.53. The molecule has 5 heteroatoms. The predicted molar refractivity (Wildman–Crippen MR) is 76.0 cm³/mol. The molecule has 1 aromatic heterocycles. The molecule has 1 aliphatic rings. The number of anilines is 1. The van der Waals surface area contributed by atoms with Gasteiger partial charge in [-0.2, -0.15) is 10.4 Å². The summed E-state index contributed by atoms with van der Waals surface area (Å²) >= 11 is 0. The van der Waals surface area contributed by atoms with Gasteiger partial charge in [0.05, 0.1) is 11.4 Å². The number of hydrogen-bond donors (Lipinski definition) is 1. The molecule has 0 unspecified atom stereocenters. The number of benzene rings is 1. The van der Waals surface area contributed by atoms with E-state index >= 15 is 0 Å². The fraction of sp³-hybridized carbons (Fsp3) is 0.333. The lowest BCUT2D eigenvalue weighted by molar-refractivity contribution is 0.430. The van der Waals surface area contributed by atoms with Gasteiger partial charge < -0.3 is 10.1 Å². The van der Waals surface area contributed by atoms with Gasteiger partial charge in [0, 0.05) is 13.6 Å². The normalized spacial score (nSPS) is 13.2. The van der Waals surface area contributed by atoms with Crippen molar-refractivity contribution in [2.45, 2.75) is 19.8 Å². The van der Waals surface area contributed by atoms with E-state index in [-0.39, 0.29) is 0 Å². The summed E-state index contributed by atoms with van der Waals surface area (Å²) in [5, 5.41) is 16.8. The lowest BCUT2D eigenvalue weighted by atomic mass is 10.0. The highest BCUT2D eigenvalue weighted by Crippen LogP contribution is 2.36. The Hall–Kier alpha value is -2.48. The molecule has 0 saturated heterocycles. The van der Waals surface area contributed by atoms with Crippen LogP contribution in [0.15, 0.2) is 18.2 Å². The first-order chi connectivity index (χ1) is 9.70. The van der Waals surface area contributed by atoms with Gasteiger partial charge in [0.15, 0.2) is 5.75 Å². The molecule has 20 heavy (non-hydrogen) atoms. The van der Waals surface area contributed by atoms with Crippen molar-refractivity contribution in [2.24, 2.45) is 7.05 Å². The number of aryl methyl sites for hydroxylation is 3. The van der Waals surface area contributed by atoms with Crippen LogP contribution in [0.1, 0.15) is 23.2 Å². The standard InChI is InChI=1S/C15H16N4O/c1-10-12(9-16)15(19(2)18-10)20-13-7-3-5-11-6-4-8-17-14(11)13/h3,5,7,17H,4,6,8H2,1-2H3. The third-order valence-electron chi connectivity index (χ3n) is 3.53. The summed E-state index contributed by atoms with van der Waals surface area (Å²) in [5.74, 6) is 1.24. The van der Waals surface area contributed by atoms with Crippen LogP contribution in [-0.2, 0) is 13.5 Å². The Morgan fingerprint density at radius 2 is 2.30 bits per heavy atom. The van der Waals surface area contributed by atoms with Crippen LogP contribution in [0, 0.1) is 18.3 Å². The average Bonchev–Trinajstić information content (AvgIpc) is 2.73. The highest BCUT2D eigenvalue weighted by Gasteiger charge is 2.19. The molecule has 1 aromatic carbocycles. The molecule has 0 bridgehead atoms. The van der Waals surface area contributed by atoms with Crippen LogP contribution in [0.3, 0.4) is 0 Å². The van der Waals surface area contributed by atoms with Crippen molar-refractivity contribution in [3.63, 3.8) is 0 Å². The van der Waals surface area contributed by atoms with E-state index in [2.05, 4.69) is 22.6 Å². The van der Waals surface area contributed by atoms with Gasteiger partial charge in [0.1, 0.15) is 11.6 Å². The second-order valence-electron chi connectivity index (χ2n) is 4.92. The van der Waals surface area contributed by atoms with Gasteiger partial charge in [-0.05, 0) is 31.4 Å².